The molecule has 1 aliphatic heterocycles. The van der Waals surface area contributed by atoms with Crippen LogP contribution in [0.15, 0.2) is 205 Å². The standard InChI is InChI=1S/C55H35N5S/c1-3-14-36(15-4-1)49-33-45-53(61-49)55(58-54(57-45)37-28-30-56-31-29-37)60-46-26-24-38(32-44(46)43-25-22-35-13-8-10-19-42(35)52(43)60)41-20-11-21-47-51(41)50-40-18-9-7-12-34(40)23-27-48(50)59(47)39-16-5-2-6-17-39/h1-33,54,58H. The molecule has 0 amide bonds. The minimum absolute atomic E-state index is 0.292. The van der Waals surface area contributed by atoms with Gasteiger partial charge in [0.25, 0.3) is 0 Å². The summed E-state index contributed by atoms with van der Waals surface area (Å²) in [6, 6.07) is 68.3. The van der Waals surface area contributed by atoms with Gasteiger partial charge in [-0.1, -0.05) is 133 Å². The van der Waals surface area contributed by atoms with E-state index in [1.165, 1.54) is 81.2 Å². The molecular weight excluding hydrogens is 763 g/mol. The Hall–Kier alpha value is -7.80. The normalized spacial score (nSPS) is 14.0. The summed E-state index contributed by atoms with van der Waals surface area (Å²) in [4.78, 5) is 10.9. The number of rotatable bonds is 5. The summed E-state index contributed by atoms with van der Waals surface area (Å²) in [5, 5.41) is 14.8. The minimum atomic E-state index is -0.292. The molecule has 13 rings (SSSR count). The number of hydrogen-bond donors (Lipinski definition) is 1. The van der Waals surface area contributed by atoms with Crippen molar-refractivity contribution in [3.05, 3.63) is 216 Å². The highest BCUT2D eigenvalue weighted by Crippen LogP contribution is 2.44. The van der Waals surface area contributed by atoms with Crippen molar-refractivity contribution < 1.29 is 0 Å². The lowest BCUT2D eigenvalue weighted by Gasteiger charge is -2.23. The summed E-state index contributed by atoms with van der Waals surface area (Å²) in [6.45, 7) is 0. The fourth-order valence-electron chi connectivity index (χ4n) is 9.73. The molecule has 0 radical (unpaired) electrons. The van der Waals surface area contributed by atoms with Crippen molar-refractivity contribution in [1.82, 2.24) is 19.4 Å². The predicted octanol–water partition coefficient (Wildman–Crippen LogP) is 12.5. The van der Waals surface area contributed by atoms with Crippen molar-refractivity contribution in [1.29, 1.82) is 0 Å². The second kappa shape index (κ2) is 13.4. The number of para-hydroxylation sites is 1. The van der Waals surface area contributed by atoms with Gasteiger partial charge in [-0.3, -0.25) is 14.5 Å². The zero-order valence-electron chi connectivity index (χ0n) is 32.8. The Labute approximate surface area is 354 Å². The minimum Gasteiger partial charge on any atom is -0.345 e. The number of thiophene rings is 1. The number of nitrogens with one attached hydrogen (secondary N) is 1. The summed E-state index contributed by atoms with van der Waals surface area (Å²) in [7, 11) is 0. The average Bonchev–Trinajstić information content (AvgIpc) is 4.03. The third-order valence-corrected chi connectivity index (χ3v) is 13.6. The van der Waals surface area contributed by atoms with E-state index in [0.29, 0.717) is 0 Å². The maximum Gasteiger partial charge on any atom is 0.146 e. The Bertz CT molecular complexity index is 3850. The van der Waals surface area contributed by atoms with E-state index in [-0.39, 0.29) is 6.17 Å². The number of nitrogens with zero attached hydrogens (tertiary/aromatic N) is 4. The van der Waals surface area contributed by atoms with Crippen LogP contribution in [0, 0.1) is 0 Å². The number of benzene rings is 8. The van der Waals surface area contributed by atoms with Gasteiger partial charge in [0.15, 0.2) is 0 Å². The van der Waals surface area contributed by atoms with Crippen molar-refractivity contribution in [2.75, 3.05) is 0 Å². The quantitative estimate of drug-likeness (QED) is 0.189. The highest BCUT2D eigenvalue weighted by molar-refractivity contribution is 7.13. The summed E-state index contributed by atoms with van der Waals surface area (Å²) >= 11 is 1.79. The third kappa shape index (κ3) is 5.19. The molecule has 0 aliphatic carbocycles. The van der Waals surface area contributed by atoms with Crippen LogP contribution in [0.4, 0.5) is 0 Å². The third-order valence-electron chi connectivity index (χ3n) is 12.4. The molecule has 0 fully saturated rings. The van der Waals surface area contributed by atoms with E-state index < -0.39 is 0 Å². The zero-order valence-corrected chi connectivity index (χ0v) is 33.6. The maximum atomic E-state index is 5.33. The zero-order chi connectivity index (χ0) is 40.0. The second-order valence-corrected chi connectivity index (χ2v) is 16.9. The number of hydrogen-bond acceptors (Lipinski definition) is 4. The van der Waals surface area contributed by atoms with Crippen LogP contribution in [0.3, 0.4) is 0 Å². The van der Waals surface area contributed by atoms with Crippen molar-refractivity contribution in [3.8, 4) is 27.3 Å². The molecule has 5 heterocycles. The van der Waals surface area contributed by atoms with Gasteiger partial charge in [-0.05, 0) is 93.0 Å². The van der Waals surface area contributed by atoms with E-state index in [2.05, 4.69) is 207 Å². The van der Waals surface area contributed by atoms with E-state index in [9.17, 15) is 0 Å². The number of pyridine rings is 1. The first kappa shape index (κ1) is 34.1. The molecule has 1 aliphatic rings. The van der Waals surface area contributed by atoms with Crippen LogP contribution >= 0.6 is 11.3 Å². The van der Waals surface area contributed by atoms with Crippen LogP contribution in [-0.4, -0.2) is 14.1 Å². The van der Waals surface area contributed by atoms with Crippen LogP contribution in [-0.2, 0) is 0 Å². The summed E-state index contributed by atoms with van der Waals surface area (Å²) in [5.74, 6) is 1.03. The van der Waals surface area contributed by atoms with Gasteiger partial charge in [0, 0.05) is 49.9 Å². The van der Waals surface area contributed by atoms with E-state index in [1.54, 1.807) is 11.3 Å². The van der Waals surface area contributed by atoms with Gasteiger partial charge in [-0.25, -0.2) is 0 Å². The molecule has 12 aromatic rings. The molecule has 0 spiro atoms. The molecule has 1 atom stereocenters. The van der Waals surface area contributed by atoms with Gasteiger partial charge in [0.1, 0.15) is 12.0 Å². The second-order valence-electron chi connectivity index (χ2n) is 15.8. The van der Waals surface area contributed by atoms with Crippen LogP contribution in [0.25, 0.3) is 98.2 Å². The largest absolute Gasteiger partial charge is 0.345 e. The van der Waals surface area contributed by atoms with Crippen molar-refractivity contribution in [2.24, 2.45) is 4.99 Å². The predicted molar refractivity (Wildman–Crippen MR) is 254 cm³/mol. The molecule has 0 saturated heterocycles. The van der Waals surface area contributed by atoms with E-state index in [0.717, 1.165) is 32.5 Å². The van der Waals surface area contributed by atoms with Gasteiger partial charge in [0.2, 0.25) is 0 Å². The first-order chi connectivity index (χ1) is 30.3. The van der Waals surface area contributed by atoms with Gasteiger partial charge in [0.05, 0.1) is 32.0 Å². The lowest BCUT2D eigenvalue weighted by Crippen LogP contribution is -2.39. The van der Waals surface area contributed by atoms with Crippen LogP contribution < -0.4 is 15.2 Å². The monoisotopic (exact) mass is 797 g/mol. The molecule has 1 N–H and O–H groups in total. The molecule has 1 unspecified atom stereocenters. The molecule has 8 aromatic carbocycles. The summed E-state index contributed by atoms with van der Waals surface area (Å²) in [6.07, 6.45) is 3.40. The number of fused-ring (bicyclic) bond motifs is 11. The van der Waals surface area contributed by atoms with E-state index >= 15 is 0 Å². The van der Waals surface area contributed by atoms with E-state index in [4.69, 9.17) is 4.99 Å². The Balaban J connectivity index is 1.12. The first-order valence-electron chi connectivity index (χ1n) is 20.7. The molecule has 4 aromatic heterocycles. The maximum absolute atomic E-state index is 5.33. The van der Waals surface area contributed by atoms with Crippen molar-refractivity contribution >= 4 is 82.3 Å². The average molecular weight is 798 g/mol. The Morgan fingerprint density at radius 3 is 2.03 bits per heavy atom. The van der Waals surface area contributed by atoms with Gasteiger partial charge >= 0.3 is 0 Å². The molecule has 0 saturated carbocycles. The highest BCUT2D eigenvalue weighted by atomic mass is 32.1. The van der Waals surface area contributed by atoms with Crippen LogP contribution in [0.2, 0.25) is 0 Å². The van der Waals surface area contributed by atoms with Crippen LogP contribution in [0.5, 0.6) is 0 Å². The Morgan fingerprint density at radius 1 is 0.492 bits per heavy atom. The SMILES string of the molecule is c1ccc(-c2cc3c(s2)=C(n2c4ccc(-c5cccc6c5c5c7ccccc7ccc5n6-c5ccccc5)cc4c4ccc5ccccc5c42)NC(c2ccncc2)N=3)cc1. The molecule has 286 valence electrons. The smallest absolute Gasteiger partial charge is 0.146 e. The van der Waals surface area contributed by atoms with E-state index in [1.807, 2.05) is 12.4 Å². The van der Waals surface area contributed by atoms with Gasteiger partial charge in [-0.15, -0.1) is 11.3 Å². The molecule has 6 heteroatoms. The molecule has 61 heavy (non-hydrogen) atoms. The molecular formula is C55H35N5S. The number of aromatic nitrogens is 3. The fraction of sp³-hybridized carbons (Fsp3) is 0.0182. The van der Waals surface area contributed by atoms with Crippen LogP contribution in [0.1, 0.15) is 11.7 Å². The summed E-state index contributed by atoms with van der Waals surface area (Å²) < 4.78 is 6.01. The molecule has 5 nitrogen and oxygen atoms in total. The summed E-state index contributed by atoms with van der Waals surface area (Å²) in [5.41, 5.74) is 10.5. The Kier molecular flexibility index (Phi) is 7.47. The lowest BCUT2D eigenvalue weighted by atomic mass is 9.95. The Morgan fingerprint density at radius 2 is 1.20 bits per heavy atom. The lowest BCUT2D eigenvalue weighted by molar-refractivity contribution is 0.620. The van der Waals surface area contributed by atoms with Gasteiger partial charge < -0.3 is 9.88 Å². The van der Waals surface area contributed by atoms with Crippen molar-refractivity contribution in [2.45, 2.75) is 6.17 Å². The first-order valence-corrected chi connectivity index (χ1v) is 21.5. The highest BCUT2D eigenvalue weighted by Gasteiger charge is 2.25. The molecule has 0 bridgehead atoms. The fourth-order valence-corrected chi connectivity index (χ4v) is 10.8. The topological polar surface area (TPSA) is 47.1 Å². The van der Waals surface area contributed by atoms with Crippen molar-refractivity contribution in [3.63, 3.8) is 0 Å². The van der Waals surface area contributed by atoms with Gasteiger partial charge in [-0.2, -0.15) is 0 Å².